The minimum atomic E-state index is -0.894. The fourth-order valence-electron chi connectivity index (χ4n) is 1.61. The topological polar surface area (TPSA) is 40.5 Å². The first kappa shape index (κ1) is 8.79. The summed E-state index contributed by atoms with van der Waals surface area (Å²) in [5.74, 6) is 2.15. The first-order chi connectivity index (χ1) is 6.75. The summed E-state index contributed by atoms with van der Waals surface area (Å²) in [5, 5.41) is 9.75. The van der Waals surface area contributed by atoms with Crippen LogP contribution in [0.3, 0.4) is 0 Å². The Bertz CT molecular complexity index is 420. The second-order valence-electron chi connectivity index (χ2n) is 3.10. The van der Waals surface area contributed by atoms with E-state index in [1.165, 1.54) is 4.90 Å². The molecule has 0 aromatic heterocycles. The van der Waals surface area contributed by atoms with E-state index < -0.39 is 6.23 Å². The van der Waals surface area contributed by atoms with Crippen LogP contribution in [-0.4, -0.2) is 22.5 Å². The number of terminal acetylenes is 1. The highest BCUT2D eigenvalue weighted by Crippen LogP contribution is 2.30. The average molecular weight is 187 g/mol. The molecule has 0 saturated carbocycles. The smallest absolute Gasteiger partial charge is 0.257 e. The summed E-state index contributed by atoms with van der Waals surface area (Å²) in [4.78, 5) is 12.9. The molecule has 1 aromatic carbocycles. The van der Waals surface area contributed by atoms with E-state index in [2.05, 4.69) is 5.92 Å². The van der Waals surface area contributed by atoms with Gasteiger partial charge in [-0.15, -0.1) is 6.42 Å². The van der Waals surface area contributed by atoms with Crippen molar-refractivity contribution in [3.05, 3.63) is 35.4 Å². The van der Waals surface area contributed by atoms with Gasteiger partial charge in [-0.2, -0.15) is 0 Å². The number of fused-ring (bicyclic) bond motifs is 1. The first-order valence-electron chi connectivity index (χ1n) is 4.27. The van der Waals surface area contributed by atoms with E-state index in [4.69, 9.17) is 6.42 Å². The van der Waals surface area contributed by atoms with E-state index in [-0.39, 0.29) is 12.5 Å². The van der Waals surface area contributed by atoms with Crippen molar-refractivity contribution in [3.63, 3.8) is 0 Å². The second-order valence-corrected chi connectivity index (χ2v) is 3.10. The second kappa shape index (κ2) is 3.17. The van der Waals surface area contributed by atoms with Gasteiger partial charge in [-0.25, -0.2) is 0 Å². The molecule has 0 radical (unpaired) electrons. The predicted molar refractivity (Wildman–Crippen MR) is 51.3 cm³/mol. The van der Waals surface area contributed by atoms with Gasteiger partial charge >= 0.3 is 0 Å². The Balaban J connectivity index is 2.44. The minimum absolute atomic E-state index is 0.134. The van der Waals surface area contributed by atoms with Crippen molar-refractivity contribution in [1.82, 2.24) is 4.90 Å². The molecule has 1 aliphatic heterocycles. The molecule has 1 N–H and O–H groups in total. The molecule has 0 saturated heterocycles. The zero-order chi connectivity index (χ0) is 10.1. The summed E-state index contributed by atoms with van der Waals surface area (Å²) < 4.78 is 0. The van der Waals surface area contributed by atoms with E-state index >= 15 is 0 Å². The van der Waals surface area contributed by atoms with Crippen LogP contribution in [0.2, 0.25) is 0 Å². The molecular weight excluding hydrogens is 178 g/mol. The third-order valence-electron chi connectivity index (χ3n) is 2.29. The van der Waals surface area contributed by atoms with Crippen LogP contribution in [0.25, 0.3) is 0 Å². The number of carbonyl (C=O) groups excluding carboxylic acids is 1. The van der Waals surface area contributed by atoms with Crippen molar-refractivity contribution in [2.75, 3.05) is 6.54 Å². The van der Waals surface area contributed by atoms with Crippen molar-refractivity contribution in [2.45, 2.75) is 6.23 Å². The molecule has 0 unspecified atom stereocenters. The third-order valence-corrected chi connectivity index (χ3v) is 2.29. The number of aliphatic hydroxyl groups is 1. The minimum Gasteiger partial charge on any atom is -0.369 e. The van der Waals surface area contributed by atoms with Crippen molar-refractivity contribution in [1.29, 1.82) is 0 Å². The molecule has 14 heavy (non-hydrogen) atoms. The van der Waals surface area contributed by atoms with Gasteiger partial charge in [0.1, 0.15) is 0 Å². The maximum absolute atomic E-state index is 11.7. The molecule has 0 fully saturated rings. The number of nitrogens with zero attached hydrogens (tertiary/aromatic N) is 1. The quantitative estimate of drug-likeness (QED) is 0.659. The monoisotopic (exact) mass is 187 g/mol. The molecule has 3 heteroatoms. The lowest BCUT2D eigenvalue weighted by Gasteiger charge is -2.17. The molecular formula is C11H9NO2. The zero-order valence-electron chi connectivity index (χ0n) is 7.47. The zero-order valence-corrected chi connectivity index (χ0v) is 7.47. The molecule has 0 aliphatic carbocycles. The van der Waals surface area contributed by atoms with Gasteiger partial charge < -0.3 is 5.11 Å². The van der Waals surface area contributed by atoms with Gasteiger partial charge in [0, 0.05) is 11.1 Å². The van der Waals surface area contributed by atoms with Crippen LogP contribution in [0.15, 0.2) is 24.3 Å². The number of carbonyl (C=O) groups is 1. The maximum Gasteiger partial charge on any atom is 0.257 e. The molecule has 70 valence electrons. The lowest BCUT2D eigenvalue weighted by atomic mass is 10.1. The number of rotatable bonds is 1. The molecule has 0 spiro atoms. The van der Waals surface area contributed by atoms with Gasteiger partial charge in [0.25, 0.3) is 5.91 Å². The van der Waals surface area contributed by atoms with Crippen LogP contribution in [0, 0.1) is 12.3 Å². The van der Waals surface area contributed by atoms with Crippen LogP contribution in [0.1, 0.15) is 22.1 Å². The number of aliphatic hydroxyl groups excluding tert-OH is 1. The number of hydrogen-bond donors (Lipinski definition) is 1. The Morgan fingerprint density at radius 2 is 2.21 bits per heavy atom. The summed E-state index contributed by atoms with van der Waals surface area (Å²) in [6.07, 6.45) is 4.22. The van der Waals surface area contributed by atoms with Gasteiger partial charge in [0.2, 0.25) is 0 Å². The highest BCUT2D eigenvalue weighted by Gasteiger charge is 2.34. The maximum atomic E-state index is 11.7. The van der Waals surface area contributed by atoms with E-state index in [9.17, 15) is 9.90 Å². The largest absolute Gasteiger partial charge is 0.369 e. The summed E-state index contributed by atoms with van der Waals surface area (Å²) >= 11 is 0. The van der Waals surface area contributed by atoms with Gasteiger partial charge in [0.05, 0.1) is 6.54 Å². The highest BCUT2D eigenvalue weighted by atomic mass is 16.3. The van der Waals surface area contributed by atoms with Crippen LogP contribution < -0.4 is 0 Å². The standard InChI is InChI=1S/C11H9NO2/c1-2-7-12-10(13)8-5-3-4-6-9(8)11(12)14/h1,3-6,10,13H,7H2/t10-/m1/s1. The third kappa shape index (κ3) is 1.09. The van der Waals surface area contributed by atoms with E-state index in [0.29, 0.717) is 11.1 Å². The van der Waals surface area contributed by atoms with Gasteiger partial charge in [-0.1, -0.05) is 24.1 Å². The predicted octanol–water partition coefficient (Wildman–Crippen LogP) is 0.766. The molecule has 1 aromatic rings. The summed E-state index contributed by atoms with van der Waals surface area (Å²) in [7, 11) is 0. The van der Waals surface area contributed by atoms with Crippen molar-refractivity contribution < 1.29 is 9.90 Å². The van der Waals surface area contributed by atoms with Crippen molar-refractivity contribution >= 4 is 5.91 Å². The van der Waals surface area contributed by atoms with Crippen LogP contribution >= 0.6 is 0 Å². The first-order valence-corrected chi connectivity index (χ1v) is 4.27. The summed E-state index contributed by atoms with van der Waals surface area (Å²) in [6.45, 7) is 0.134. The van der Waals surface area contributed by atoms with E-state index in [1.54, 1.807) is 24.3 Å². The summed E-state index contributed by atoms with van der Waals surface area (Å²) in [5.41, 5.74) is 1.17. The Labute approximate surface area is 82.0 Å². The Morgan fingerprint density at radius 1 is 1.50 bits per heavy atom. The molecule has 1 amide bonds. The Kier molecular flexibility index (Phi) is 1.99. The fourth-order valence-corrected chi connectivity index (χ4v) is 1.61. The lowest BCUT2D eigenvalue weighted by molar-refractivity contribution is 0.0241. The van der Waals surface area contributed by atoms with Crippen LogP contribution in [0.4, 0.5) is 0 Å². The highest BCUT2D eigenvalue weighted by molar-refractivity contribution is 5.99. The SMILES string of the molecule is C#CCN1C(=O)c2ccccc2[C@H]1O. The lowest BCUT2D eigenvalue weighted by Crippen LogP contribution is -2.28. The summed E-state index contributed by atoms with van der Waals surface area (Å²) in [6, 6.07) is 6.98. The molecule has 1 atom stereocenters. The number of amides is 1. The number of hydrogen-bond acceptors (Lipinski definition) is 2. The molecule has 3 nitrogen and oxygen atoms in total. The normalized spacial score (nSPS) is 19.3. The van der Waals surface area contributed by atoms with Gasteiger partial charge in [-0.3, -0.25) is 9.69 Å². The Hall–Kier alpha value is -1.79. The molecule has 1 heterocycles. The fraction of sp³-hybridized carbons (Fsp3) is 0.182. The van der Waals surface area contributed by atoms with Gasteiger partial charge in [0.15, 0.2) is 6.23 Å². The van der Waals surface area contributed by atoms with Crippen LogP contribution in [-0.2, 0) is 0 Å². The molecule has 0 bridgehead atoms. The van der Waals surface area contributed by atoms with Crippen LogP contribution in [0.5, 0.6) is 0 Å². The van der Waals surface area contributed by atoms with Crippen molar-refractivity contribution in [3.8, 4) is 12.3 Å². The van der Waals surface area contributed by atoms with E-state index in [0.717, 1.165) is 0 Å². The van der Waals surface area contributed by atoms with Gasteiger partial charge in [-0.05, 0) is 6.07 Å². The average Bonchev–Trinajstić information content (AvgIpc) is 2.45. The molecule has 2 rings (SSSR count). The van der Waals surface area contributed by atoms with Crippen molar-refractivity contribution in [2.24, 2.45) is 0 Å². The Morgan fingerprint density at radius 3 is 2.86 bits per heavy atom. The number of benzene rings is 1. The van der Waals surface area contributed by atoms with E-state index in [1.807, 2.05) is 0 Å². The molecule has 1 aliphatic rings.